The molecule has 0 unspecified atom stereocenters. The van der Waals surface area contributed by atoms with Crippen LogP contribution in [0.4, 0.5) is 0 Å². The minimum absolute atomic E-state index is 0.114. The lowest BCUT2D eigenvalue weighted by atomic mass is 9.72. The van der Waals surface area contributed by atoms with Crippen LogP contribution in [0, 0.1) is 5.92 Å². The highest BCUT2D eigenvalue weighted by Crippen LogP contribution is 2.37. The highest BCUT2D eigenvalue weighted by atomic mass is 16.3. The zero-order valence-electron chi connectivity index (χ0n) is 8.71. The van der Waals surface area contributed by atoms with Crippen molar-refractivity contribution in [3.05, 3.63) is 0 Å². The fourth-order valence-corrected chi connectivity index (χ4v) is 2.88. The number of piperidine rings is 1. The molecular weight excluding hydrogens is 178 g/mol. The van der Waals surface area contributed by atoms with E-state index in [4.69, 9.17) is 0 Å². The fourth-order valence-electron chi connectivity index (χ4n) is 2.88. The van der Waals surface area contributed by atoms with Crippen molar-refractivity contribution < 1.29 is 10.2 Å². The number of nitrogens with one attached hydrogen (secondary N) is 1. The predicted octanol–water partition coefficient (Wildman–Crippen LogP) is 0.652. The van der Waals surface area contributed by atoms with Gasteiger partial charge in [-0.05, 0) is 57.5 Å². The topological polar surface area (TPSA) is 52.5 Å². The van der Waals surface area contributed by atoms with Gasteiger partial charge in [0, 0.05) is 0 Å². The number of aliphatic hydroxyl groups excluding tert-OH is 1. The lowest BCUT2D eigenvalue weighted by Crippen LogP contribution is -2.48. The van der Waals surface area contributed by atoms with Crippen LogP contribution in [0.2, 0.25) is 0 Å². The fraction of sp³-hybridized carbons (Fsp3) is 1.00. The summed E-state index contributed by atoms with van der Waals surface area (Å²) in [6.45, 7) is 1.88. The van der Waals surface area contributed by atoms with E-state index >= 15 is 0 Å². The highest BCUT2D eigenvalue weighted by molar-refractivity contribution is 4.92. The molecule has 2 rings (SSSR count). The van der Waals surface area contributed by atoms with E-state index in [1.165, 1.54) is 0 Å². The summed E-state index contributed by atoms with van der Waals surface area (Å²) in [6.07, 6.45) is 5.40. The van der Waals surface area contributed by atoms with Gasteiger partial charge in [-0.25, -0.2) is 0 Å². The van der Waals surface area contributed by atoms with Gasteiger partial charge >= 0.3 is 0 Å². The maximum absolute atomic E-state index is 10.5. The Bertz CT molecular complexity index is 182. The molecule has 0 radical (unpaired) electrons. The molecule has 3 N–H and O–H groups in total. The molecule has 1 saturated carbocycles. The van der Waals surface area contributed by atoms with E-state index in [1.54, 1.807) is 0 Å². The van der Waals surface area contributed by atoms with Gasteiger partial charge in [-0.3, -0.25) is 0 Å². The van der Waals surface area contributed by atoms with Crippen molar-refractivity contribution in [1.82, 2.24) is 5.32 Å². The second-order valence-corrected chi connectivity index (χ2v) is 4.86. The number of hydrogen-bond donors (Lipinski definition) is 3. The van der Waals surface area contributed by atoms with Gasteiger partial charge in [-0.2, -0.15) is 0 Å². The summed E-state index contributed by atoms with van der Waals surface area (Å²) in [7, 11) is 0. The van der Waals surface area contributed by atoms with Crippen molar-refractivity contribution in [1.29, 1.82) is 0 Å². The summed E-state index contributed by atoms with van der Waals surface area (Å²) in [5.74, 6) is 0.424. The maximum Gasteiger partial charge on any atom is 0.0700 e. The van der Waals surface area contributed by atoms with Crippen molar-refractivity contribution in [3.8, 4) is 0 Å². The van der Waals surface area contributed by atoms with Gasteiger partial charge < -0.3 is 15.5 Å². The normalized spacial score (nSPS) is 38.1. The number of hydrogen-bond acceptors (Lipinski definition) is 3. The summed E-state index contributed by atoms with van der Waals surface area (Å²) in [5.41, 5.74) is -0.439. The summed E-state index contributed by atoms with van der Waals surface area (Å²) >= 11 is 0. The van der Waals surface area contributed by atoms with Crippen molar-refractivity contribution in [2.45, 2.75) is 50.2 Å². The first kappa shape index (κ1) is 10.4. The van der Waals surface area contributed by atoms with Gasteiger partial charge in [0.25, 0.3) is 0 Å². The first-order chi connectivity index (χ1) is 6.71. The molecule has 3 heteroatoms. The van der Waals surface area contributed by atoms with Crippen molar-refractivity contribution in [2.24, 2.45) is 5.92 Å². The summed E-state index contributed by atoms with van der Waals surface area (Å²) in [6, 6.07) is 0. The first-order valence-electron chi connectivity index (χ1n) is 5.82. The molecular formula is C11H21NO2. The van der Waals surface area contributed by atoms with E-state index in [0.717, 1.165) is 51.6 Å². The molecule has 0 bridgehead atoms. The molecule has 0 atom stereocenters. The Morgan fingerprint density at radius 3 is 2.14 bits per heavy atom. The predicted molar refractivity (Wildman–Crippen MR) is 55.0 cm³/mol. The molecule has 3 nitrogen and oxygen atoms in total. The van der Waals surface area contributed by atoms with Crippen LogP contribution in [0.1, 0.15) is 38.5 Å². The Labute approximate surface area is 85.5 Å². The van der Waals surface area contributed by atoms with Crippen LogP contribution in [0.25, 0.3) is 0 Å². The Balaban J connectivity index is 1.92. The third-order valence-corrected chi connectivity index (χ3v) is 3.93. The average molecular weight is 199 g/mol. The quantitative estimate of drug-likeness (QED) is 0.581. The van der Waals surface area contributed by atoms with Crippen LogP contribution in [-0.4, -0.2) is 35.0 Å². The molecule has 1 saturated heterocycles. The van der Waals surface area contributed by atoms with E-state index in [-0.39, 0.29) is 6.10 Å². The lowest BCUT2D eigenvalue weighted by molar-refractivity contribution is -0.0671. The van der Waals surface area contributed by atoms with Crippen LogP contribution in [-0.2, 0) is 0 Å². The molecule has 0 amide bonds. The molecule has 14 heavy (non-hydrogen) atoms. The maximum atomic E-state index is 10.5. The third kappa shape index (κ3) is 2.10. The van der Waals surface area contributed by atoms with E-state index in [1.807, 2.05) is 0 Å². The van der Waals surface area contributed by atoms with E-state index in [2.05, 4.69) is 5.32 Å². The summed E-state index contributed by atoms with van der Waals surface area (Å²) < 4.78 is 0. The van der Waals surface area contributed by atoms with Crippen LogP contribution in [0.15, 0.2) is 0 Å². The smallest absolute Gasteiger partial charge is 0.0700 e. The van der Waals surface area contributed by atoms with Gasteiger partial charge in [0.1, 0.15) is 0 Å². The van der Waals surface area contributed by atoms with E-state index < -0.39 is 5.60 Å². The second-order valence-electron chi connectivity index (χ2n) is 4.86. The molecule has 0 aromatic heterocycles. The molecule has 2 aliphatic rings. The lowest BCUT2D eigenvalue weighted by Gasteiger charge is -2.42. The van der Waals surface area contributed by atoms with Gasteiger partial charge in [-0.1, -0.05) is 0 Å². The SMILES string of the molecule is OC1CCC(C2(O)CCNCC2)CC1. The largest absolute Gasteiger partial charge is 0.393 e. The van der Waals surface area contributed by atoms with Crippen LogP contribution < -0.4 is 5.32 Å². The molecule has 1 aliphatic heterocycles. The molecule has 1 heterocycles. The van der Waals surface area contributed by atoms with Crippen molar-refractivity contribution in [2.75, 3.05) is 13.1 Å². The summed E-state index contributed by atoms with van der Waals surface area (Å²) in [5, 5.41) is 23.2. The highest BCUT2D eigenvalue weighted by Gasteiger charge is 2.39. The van der Waals surface area contributed by atoms with Crippen LogP contribution >= 0.6 is 0 Å². The molecule has 1 aliphatic carbocycles. The minimum Gasteiger partial charge on any atom is -0.393 e. The summed E-state index contributed by atoms with van der Waals surface area (Å²) in [4.78, 5) is 0. The Hall–Kier alpha value is -0.120. The standard InChI is InChI=1S/C11H21NO2/c13-10-3-1-9(2-4-10)11(14)5-7-12-8-6-11/h9-10,12-14H,1-8H2. The van der Waals surface area contributed by atoms with Gasteiger partial charge in [0.15, 0.2) is 0 Å². The zero-order valence-corrected chi connectivity index (χ0v) is 8.71. The Morgan fingerprint density at radius 2 is 1.57 bits per heavy atom. The average Bonchev–Trinajstić information content (AvgIpc) is 2.19. The van der Waals surface area contributed by atoms with E-state index in [0.29, 0.717) is 5.92 Å². The Morgan fingerprint density at radius 1 is 1.00 bits per heavy atom. The van der Waals surface area contributed by atoms with Gasteiger partial charge in [0.2, 0.25) is 0 Å². The van der Waals surface area contributed by atoms with Crippen molar-refractivity contribution in [3.63, 3.8) is 0 Å². The first-order valence-corrected chi connectivity index (χ1v) is 5.82. The van der Waals surface area contributed by atoms with Gasteiger partial charge in [-0.15, -0.1) is 0 Å². The van der Waals surface area contributed by atoms with Crippen LogP contribution in [0.5, 0.6) is 0 Å². The molecule has 82 valence electrons. The number of aliphatic hydroxyl groups is 2. The Kier molecular flexibility index (Phi) is 3.10. The molecule has 2 fully saturated rings. The minimum atomic E-state index is -0.439. The van der Waals surface area contributed by atoms with Gasteiger partial charge in [0.05, 0.1) is 11.7 Å². The molecule has 0 spiro atoms. The monoisotopic (exact) mass is 199 g/mol. The second kappa shape index (κ2) is 4.17. The third-order valence-electron chi connectivity index (χ3n) is 3.93. The molecule has 0 aromatic rings. The van der Waals surface area contributed by atoms with Crippen molar-refractivity contribution >= 4 is 0 Å². The van der Waals surface area contributed by atoms with E-state index in [9.17, 15) is 10.2 Å². The number of rotatable bonds is 1. The van der Waals surface area contributed by atoms with Crippen LogP contribution in [0.3, 0.4) is 0 Å². The zero-order chi connectivity index (χ0) is 10.0. The molecule has 0 aromatic carbocycles.